The van der Waals surface area contributed by atoms with Gasteiger partial charge >= 0.3 is 0 Å². The normalized spacial score (nSPS) is 14.3. The Morgan fingerprint density at radius 3 is 2.71 bits per heavy atom. The van der Waals surface area contributed by atoms with Crippen molar-refractivity contribution in [3.8, 4) is 0 Å². The highest BCUT2D eigenvalue weighted by Crippen LogP contribution is 2.16. The number of benzene rings is 1. The average Bonchev–Trinajstić information content (AvgIpc) is 3.13. The van der Waals surface area contributed by atoms with Crippen molar-refractivity contribution in [3.05, 3.63) is 34.4 Å². The first-order valence-corrected chi connectivity index (χ1v) is 11.4. The number of non-ortho nitro benzene ring substituents is 1. The van der Waals surface area contributed by atoms with Gasteiger partial charge in [-0.25, -0.2) is 13.1 Å². The summed E-state index contributed by atoms with van der Waals surface area (Å²) in [4.78, 5) is 27.9. The molecule has 1 aliphatic rings. The number of nitrogens with one attached hydrogen (secondary N) is 3. The first-order valence-electron chi connectivity index (χ1n) is 9.87. The third-order valence-electron chi connectivity index (χ3n) is 4.42. The number of likely N-dealkylation sites (tertiary alicyclic amines) is 1. The van der Waals surface area contributed by atoms with E-state index in [4.69, 9.17) is 0 Å². The van der Waals surface area contributed by atoms with Gasteiger partial charge in [-0.05, 0) is 25.8 Å². The highest BCUT2D eigenvalue weighted by atomic mass is 127. The van der Waals surface area contributed by atoms with Crippen LogP contribution in [0.4, 0.5) is 5.69 Å². The van der Waals surface area contributed by atoms with Gasteiger partial charge in [-0.3, -0.25) is 19.9 Å². The van der Waals surface area contributed by atoms with Crippen LogP contribution in [0.2, 0.25) is 0 Å². The Balaban J connectivity index is 0.00000480. The van der Waals surface area contributed by atoms with E-state index in [1.165, 1.54) is 18.2 Å². The van der Waals surface area contributed by atoms with Crippen molar-refractivity contribution in [2.45, 2.75) is 31.1 Å². The summed E-state index contributed by atoms with van der Waals surface area (Å²) in [5.74, 6) is 0.750. The molecule has 3 N–H and O–H groups in total. The predicted octanol–water partition coefficient (Wildman–Crippen LogP) is 1.06. The van der Waals surface area contributed by atoms with Gasteiger partial charge in [-0.15, -0.1) is 24.0 Å². The lowest BCUT2D eigenvalue weighted by Gasteiger charge is -2.15. The molecule has 2 rings (SSSR count). The van der Waals surface area contributed by atoms with Gasteiger partial charge in [0.05, 0.1) is 9.82 Å². The largest absolute Gasteiger partial charge is 0.357 e. The molecule has 0 unspecified atom stereocenters. The quantitative estimate of drug-likeness (QED) is 0.0904. The second-order valence-corrected chi connectivity index (χ2v) is 8.44. The summed E-state index contributed by atoms with van der Waals surface area (Å²) in [7, 11) is -3.85. The summed E-state index contributed by atoms with van der Waals surface area (Å²) in [6.45, 7) is 4.97. The van der Waals surface area contributed by atoms with Crippen molar-refractivity contribution in [3.63, 3.8) is 0 Å². The van der Waals surface area contributed by atoms with Crippen LogP contribution < -0.4 is 15.4 Å². The maximum absolute atomic E-state index is 12.3. The van der Waals surface area contributed by atoms with Crippen LogP contribution in [-0.4, -0.2) is 69.4 Å². The minimum absolute atomic E-state index is 0. The lowest BCUT2D eigenvalue weighted by atomic mass is 10.3. The number of nitro groups is 1. The molecule has 0 aliphatic carbocycles. The van der Waals surface area contributed by atoms with Crippen LogP contribution in [0.3, 0.4) is 0 Å². The fourth-order valence-corrected chi connectivity index (χ4v) is 4.02. The number of carbonyl (C=O) groups excluding carboxylic acids is 1. The van der Waals surface area contributed by atoms with Crippen LogP contribution >= 0.6 is 24.0 Å². The van der Waals surface area contributed by atoms with Crippen LogP contribution in [0.5, 0.6) is 0 Å². The molecule has 1 amide bonds. The Hall–Kier alpha value is -2.00. The van der Waals surface area contributed by atoms with Crippen LogP contribution in [0.1, 0.15) is 26.2 Å². The number of hydrogen-bond acceptors (Lipinski definition) is 6. The van der Waals surface area contributed by atoms with Crippen LogP contribution in [0.25, 0.3) is 0 Å². The molecule has 1 saturated heterocycles. The maximum atomic E-state index is 12.3. The van der Waals surface area contributed by atoms with Crippen molar-refractivity contribution in [1.82, 2.24) is 20.3 Å². The molecule has 0 bridgehead atoms. The van der Waals surface area contributed by atoms with E-state index in [0.717, 1.165) is 25.5 Å². The summed E-state index contributed by atoms with van der Waals surface area (Å²) in [5.41, 5.74) is -0.284. The second-order valence-electron chi connectivity index (χ2n) is 6.68. The summed E-state index contributed by atoms with van der Waals surface area (Å²) < 4.78 is 27.0. The first-order chi connectivity index (χ1) is 14.3. The molecule has 1 aromatic carbocycles. The van der Waals surface area contributed by atoms with Gasteiger partial charge in [0.2, 0.25) is 15.9 Å². The molecule has 1 fully saturated rings. The molecule has 0 aromatic heterocycles. The fourth-order valence-electron chi connectivity index (χ4n) is 2.95. The Kier molecular flexibility index (Phi) is 11.7. The van der Waals surface area contributed by atoms with Crippen molar-refractivity contribution < 1.29 is 18.1 Å². The summed E-state index contributed by atoms with van der Waals surface area (Å²) in [6.07, 6.45) is 2.29. The number of sulfonamides is 1. The second kappa shape index (κ2) is 13.4. The number of rotatable bonds is 11. The minimum atomic E-state index is -3.85. The topological polar surface area (TPSA) is 146 Å². The van der Waals surface area contributed by atoms with Crippen molar-refractivity contribution in [1.29, 1.82) is 0 Å². The Morgan fingerprint density at radius 2 is 2.06 bits per heavy atom. The summed E-state index contributed by atoms with van der Waals surface area (Å²) in [6, 6.07) is 4.89. The van der Waals surface area contributed by atoms with E-state index in [9.17, 15) is 23.3 Å². The van der Waals surface area contributed by atoms with Gasteiger partial charge < -0.3 is 15.5 Å². The SMILES string of the molecule is CCNC(=NCCCN1CCCC1=O)NCCNS(=O)(=O)c1cccc([N+](=O)[O-])c1.I. The highest BCUT2D eigenvalue weighted by Gasteiger charge is 2.19. The molecule has 0 atom stereocenters. The number of carbonyl (C=O) groups is 1. The van der Waals surface area contributed by atoms with Gasteiger partial charge in [-0.1, -0.05) is 6.07 Å². The monoisotopic (exact) mass is 568 g/mol. The Bertz CT molecular complexity index is 880. The van der Waals surface area contributed by atoms with Crippen LogP contribution in [0.15, 0.2) is 34.2 Å². The maximum Gasteiger partial charge on any atom is 0.270 e. The predicted molar refractivity (Wildman–Crippen MR) is 128 cm³/mol. The molecule has 174 valence electrons. The van der Waals surface area contributed by atoms with E-state index in [1.807, 2.05) is 11.8 Å². The smallest absolute Gasteiger partial charge is 0.270 e. The number of guanidine groups is 1. The third-order valence-corrected chi connectivity index (χ3v) is 5.88. The van der Waals surface area contributed by atoms with E-state index in [-0.39, 0.29) is 53.6 Å². The highest BCUT2D eigenvalue weighted by molar-refractivity contribution is 14.0. The zero-order valence-electron chi connectivity index (χ0n) is 17.4. The molecule has 1 heterocycles. The van der Waals surface area contributed by atoms with Gasteiger partial charge in [0.1, 0.15) is 0 Å². The number of nitro benzene ring substituents is 1. The molecular weight excluding hydrogens is 539 g/mol. The van der Waals surface area contributed by atoms with E-state index in [2.05, 4.69) is 20.3 Å². The molecule has 13 heteroatoms. The van der Waals surface area contributed by atoms with Gasteiger partial charge in [0, 0.05) is 57.8 Å². The van der Waals surface area contributed by atoms with E-state index >= 15 is 0 Å². The molecule has 0 spiro atoms. The summed E-state index contributed by atoms with van der Waals surface area (Å²) in [5, 5.41) is 16.9. The molecule has 1 aliphatic heterocycles. The zero-order chi connectivity index (χ0) is 22.0. The Morgan fingerprint density at radius 1 is 1.29 bits per heavy atom. The van der Waals surface area contributed by atoms with Crippen molar-refractivity contribution in [2.75, 3.05) is 39.3 Å². The number of aliphatic imine (C=N–C) groups is 1. The number of amides is 1. The molecule has 1 aromatic rings. The lowest BCUT2D eigenvalue weighted by molar-refractivity contribution is -0.385. The van der Waals surface area contributed by atoms with E-state index < -0.39 is 14.9 Å². The minimum Gasteiger partial charge on any atom is -0.357 e. The number of halogens is 1. The van der Waals surface area contributed by atoms with Gasteiger partial charge in [-0.2, -0.15) is 0 Å². The zero-order valence-corrected chi connectivity index (χ0v) is 20.5. The molecule has 0 saturated carbocycles. The third kappa shape index (κ3) is 8.95. The molecule has 11 nitrogen and oxygen atoms in total. The fraction of sp³-hybridized carbons (Fsp3) is 0.556. The lowest BCUT2D eigenvalue weighted by Crippen LogP contribution is -2.41. The van der Waals surface area contributed by atoms with E-state index in [0.29, 0.717) is 32.0 Å². The van der Waals surface area contributed by atoms with Gasteiger partial charge in [0.25, 0.3) is 5.69 Å². The molecule has 0 radical (unpaired) electrons. The van der Waals surface area contributed by atoms with Crippen LogP contribution in [-0.2, 0) is 14.8 Å². The van der Waals surface area contributed by atoms with Crippen molar-refractivity contribution >= 4 is 51.6 Å². The van der Waals surface area contributed by atoms with Gasteiger partial charge in [0.15, 0.2) is 5.96 Å². The Labute approximate surface area is 199 Å². The standard InChI is InChI=1S/C18H28N6O5S.HI/c1-2-19-18(20-9-5-13-23-12-4-8-17(23)25)21-10-11-22-30(28,29)16-7-3-6-15(14-16)24(26)27;/h3,6-7,14,22H,2,4-5,8-13H2,1H3,(H2,19,20,21);1H. The first kappa shape index (κ1) is 27.0. The molecular formula is C18H29IN6O5S. The molecule has 31 heavy (non-hydrogen) atoms. The average molecular weight is 568 g/mol. The number of nitrogens with zero attached hydrogens (tertiary/aromatic N) is 3. The van der Waals surface area contributed by atoms with Crippen molar-refractivity contribution in [2.24, 2.45) is 4.99 Å². The van der Waals surface area contributed by atoms with E-state index in [1.54, 1.807) is 0 Å². The number of hydrogen-bond donors (Lipinski definition) is 3. The van der Waals surface area contributed by atoms with Crippen LogP contribution in [0, 0.1) is 10.1 Å². The summed E-state index contributed by atoms with van der Waals surface area (Å²) >= 11 is 0.